The van der Waals surface area contributed by atoms with Crippen LogP contribution < -0.4 is 0 Å². The van der Waals surface area contributed by atoms with Crippen molar-refractivity contribution in [3.05, 3.63) is 54.1 Å². The van der Waals surface area contributed by atoms with Gasteiger partial charge in [-0.15, -0.1) is 0 Å². The fourth-order valence-corrected chi connectivity index (χ4v) is 2.26. The molecule has 0 saturated carbocycles. The fourth-order valence-electron chi connectivity index (χ4n) is 2.26. The van der Waals surface area contributed by atoms with Crippen molar-refractivity contribution in [2.75, 3.05) is 0 Å². The highest BCUT2D eigenvalue weighted by Crippen LogP contribution is 2.29. The van der Waals surface area contributed by atoms with Gasteiger partial charge in [0.2, 0.25) is 0 Å². The second kappa shape index (κ2) is 3.74. The van der Waals surface area contributed by atoms with Crippen LogP contribution in [0.25, 0.3) is 27.9 Å². The molecule has 3 nitrogen and oxygen atoms in total. The first-order valence-corrected chi connectivity index (χ1v) is 5.61. The summed E-state index contributed by atoms with van der Waals surface area (Å²) in [4.78, 5) is 14.4. The molecule has 0 bridgehead atoms. The predicted molar refractivity (Wildman–Crippen MR) is 72.9 cm³/mol. The second-order valence-corrected chi connectivity index (χ2v) is 4.17. The lowest BCUT2D eigenvalue weighted by Crippen LogP contribution is -1.96. The Labute approximate surface area is 103 Å². The molecule has 3 rings (SSSR count). The number of aromatic carboxylic acids is 1. The molecule has 1 heterocycles. The van der Waals surface area contributed by atoms with E-state index in [1.165, 1.54) is 0 Å². The average Bonchev–Trinajstić information content (AvgIpc) is 2.76. The normalized spacial score (nSPS) is 10.9. The van der Waals surface area contributed by atoms with Crippen LogP contribution in [-0.2, 0) is 0 Å². The van der Waals surface area contributed by atoms with E-state index in [1.807, 2.05) is 24.3 Å². The van der Waals surface area contributed by atoms with Gasteiger partial charge in [-0.05, 0) is 23.8 Å². The van der Waals surface area contributed by atoms with Crippen LogP contribution in [0.1, 0.15) is 15.9 Å². The Morgan fingerprint density at radius 3 is 2.72 bits per heavy atom. The number of aromatic nitrogens is 1. The van der Waals surface area contributed by atoms with Crippen LogP contribution in [0.4, 0.5) is 0 Å². The van der Waals surface area contributed by atoms with Gasteiger partial charge in [-0.1, -0.05) is 30.9 Å². The summed E-state index contributed by atoms with van der Waals surface area (Å²) in [5.41, 5.74) is 3.01. The highest BCUT2D eigenvalue weighted by Gasteiger charge is 2.11. The Bertz CT molecular complexity index is 784. The van der Waals surface area contributed by atoms with Gasteiger partial charge in [-0.2, -0.15) is 0 Å². The summed E-state index contributed by atoms with van der Waals surface area (Å²) in [6.45, 7) is 3.74. The molecule has 88 valence electrons. The van der Waals surface area contributed by atoms with Crippen molar-refractivity contribution in [2.24, 2.45) is 0 Å². The van der Waals surface area contributed by atoms with Gasteiger partial charge in [0.05, 0.1) is 11.1 Å². The average molecular weight is 237 g/mol. The number of carboxylic acid groups (broad SMARTS) is 1. The summed E-state index contributed by atoms with van der Waals surface area (Å²) in [6.07, 6.45) is 1.67. The molecule has 2 N–H and O–H groups in total. The molecule has 0 spiro atoms. The van der Waals surface area contributed by atoms with Crippen LogP contribution >= 0.6 is 0 Å². The highest BCUT2D eigenvalue weighted by atomic mass is 16.4. The van der Waals surface area contributed by atoms with E-state index in [2.05, 4.69) is 11.6 Å². The number of aromatic amines is 1. The molecule has 18 heavy (non-hydrogen) atoms. The van der Waals surface area contributed by atoms with E-state index in [1.54, 1.807) is 18.2 Å². The lowest BCUT2D eigenvalue weighted by Gasteiger charge is -2.00. The molecular weight excluding hydrogens is 226 g/mol. The number of carbonyl (C=O) groups is 1. The maximum atomic E-state index is 11.1. The van der Waals surface area contributed by atoms with Crippen molar-refractivity contribution in [3.8, 4) is 0 Å². The van der Waals surface area contributed by atoms with Crippen LogP contribution in [0.5, 0.6) is 0 Å². The Balaban J connectivity index is 2.52. The molecule has 0 radical (unpaired) electrons. The predicted octanol–water partition coefficient (Wildman–Crippen LogP) is 3.66. The Morgan fingerprint density at radius 1 is 1.22 bits per heavy atom. The van der Waals surface area contributed by atoms with E-state index in [9.17, 15) is 4.79 Å². The smallest absolute Gasteiger partial charge is 0.335 e. The summed E-state index contributed by atoms with van der Waals surface area (Å²) < 4.78 is 0. The summed E-state index contributed by atoms with van der Waals surface area (Å²) in [7, 11) is 0. The Morgan fingerprint density at radius 2 is 2.00 bits per heavy atom. The van der Waals surface area contributed by atoms with Gasteiger partial charge in [0, 0.05) is 16.3 Å². The van der Waals surface area contributed by atoms with Gasteiger partial charge in [0.25, 0.3) is 0 Å². The zero-order chi connectivity index (χ0) is 12.7. The van der Waals surface area contributed by atoms with Crippen molar-refractivity contribution in [2.45, 2.75) is 0 Å². The van der Waals surface area contributed by atoms with Gasteiger partial charge in [0.15, 0.2) is 0 Å². The number of benzene rings is 2. The van der Waals surface area contributed by atoms with Crippen LogP contribution in [0.3, 0.4) is 0 Å². The number of fused-ring (bicyclic) bond motifs is 3. The lowest BCUT2D eigenvalue weighted by molar-refractivity contribution is 0.0697. The van der Waals surface area contributed by atoms with Crippen molar-refractivity contribution < 1.29 is 9.90 Å². The maximum absolute atomic E-state index is 11.1. The number of hydrogen-bond donors (Lipinski definition) is 2. The van der Waals surface area contributed by atoms with E-state index in [-0.39, 0.29) is 5.56 Å². The molecule has 3 heteroatoms. The van der Waals surface area contributed by atoms with E-state index in [0.717, 1.165) is 27.4 Å². The molecule has 0 amide bonds. The van der Waals surface area contributed by atoms with Gasteiger partial charge < -0.3 is 10.1 Å². The third-order valence-electron chi connectivity index (χ3n) is 3.11. The number of rotatable bonds is 2. The first kappa shape index (κ1) is 10.6. The highest BCUT2D eigenvalue weighted by molar-refractivity contribution is 6.11. The molecule has 0 aliphatic carbocycles. The number of carboxylic acids is 1. The molecule has 1 aromatic heterocycles. The Hall–Kier alpha value is -2.55. The monoisotopic (exact) mass is 237 g/mol. The van der Waals surface area contributed by atoms with Crippen molar-refractivity contribution in [1.82, 2.24) is 4.98 Å². The van der Waals surface area contributed by atoms with Gasteiger partial charge in [-0.3, -0.25) is 0 Å². The third-order valence-corrected chi connectivity index (χ3v) is 3.11. The van der Waals surface area contributed by atoms with E-state index in [4.69, 9.17) is 5.11 Å². The largest absolute Gasteiger partial charge is 0.478 e. The third kappa shape index (κ3) is 1.41. The SMILES string of the molecule is C=Cc1cc(C(=O)O)cc2c1[nH]c1ccccc12. The maximum Gasteiger partial charge on any atom is 0.335 e. The topological polar surface area (TPSA) is 53.1 Å². The molecule has 3 aromatic rings. The number of para-hydroxylation sites is 1. The molecule has 0 fully saturated rings. The first-order chi connectivity index (χ1) is 8.70. The molecule has 0 unspecified atom stereocenters. The molecule has 0 saturated heterocycles. The van der Waals surface area contributed by atoms with Crippen LogP contribution in [0, 0.1) is 0 Å². The van der Waals surface area contributed by atoms with E-state index >= 15 is 0 Å². The van der Waals surface area contributed by atoms with Crippen LogP contribution in [0.2, 0.25) is 0 Å². The van der Waals surface area contributed by atoms with Gasteiger partial charge in [-0.25, -0.2) is 4.79 Å². The molecule has 0 atom stereocenters. The van der Waals surface area contributed by atoms with Crippen LogP contribution in [-0.4, -0.2) is 16.1 Å². The second-order valence-electron chi connectivity index (χ2n) is 4.17. The number of H-pyrrole nitrogens is 1. The summed E-state index contributed by atoms with van der Waals surface area (Å²) in [5.74, 6) is -0.926. The van der Waals surface area contributed by atoms with Crippen molar-refractivity contribution in [3.63, 3.8) is 0 Å². The van der Waals surface area contributed by atoms with Crippen molar-refractivity contribution >= 4 is 33.9 Å². The van der Waals surface area contributed by atoms with Crippen molar-refractivity contribution in [1.29, 1.82) is 0 Å². The fraction of sp³-hybridized carbons (Fsp3) is 0. The number of nitrogens with one attached hydrogen (secondary N) is 1. The summed E-state index contributed by atoms with van der Waals surface area (Å²) >= 11 is 0. The van der Waals surface area contributed by atoms with E-state index in [0.29, 0.717) is 0 Å². The Kier molecular flexibility index (Phi) is 2.20. The standard InChI is InChI=1S/C15H11NO2/c1-2-9-7-10(15(17)18)8-12-11-5-3-4-6-13(11)16-14(9)12/h2-8,16H,1H2,(H,17,18). The van der Waals surface area contributed by atoms with Crippen LogP contribution in [0.15, 0.2) is 43.0 Å². The quantitative estimate of drug-likeness (QED) is 0.714. The first-order valence-electron chi connectivity index (χ1n) is 5.61. The number of hydrogen-bond acceptors (Lipinski definition) is 1. The minimum Gasteiger partial charge on any atom is -0.478 e. The summed E-state index contributed by atoms with van der Waals surface area (Å²) in [5, 5.41) is 11.1. The minimum absolute atomic E-state index is 0.280. The molecule has 2 aromatic carbocycles. The lowest BCUT2D eigenvalue weighted by atomic mass is 10.0. The molecule has 0 aliphatic rings. The molecule has 0 aliphatic heterocycles. The molecular formula is C15H11NO2. The minimum atomic E-state index is -0.926. The zero-order valence-electron chi connectivity index (χ0n) is 9.60. The van der Waals surface area contributed by atoms with Gasteiger partial charge >= 0.3 is 5.97 Å². The summed E-state index contributed by atoms with van der Waals surface area (Å²) in [6, 6.07) is 11.2. The van der Waals surface area contributed by atoms with E-state index < -0.39 is 5.97 Å². The van der Waals surface area contributed by atoms with Gasteiger partial charge in [0.1, 0.15) is 0 Å². The zero-order valence-corrected chi connectivity index (χ0v) is 9.60.